The number of carbonyl (C=O) groups is 1. The van der Waals surface area contributed by atoms with Gasteiger partial charge in [-0.3, -0.25) is 0 Å². The number of amides is 2. The van der Waals surface area contributed by atoms with E-state index in [0.29, 0.717) is 22.1 Å². The Labute approximate surface area is 149 Å². The molecule has 0 aliphatic rings. The van der Waals surface area contributed by atoms with Crippen LogP contribution in [0.4, 0.5) is 14.9 Å². The van der Waals surface area contributed by atoms with Gasteiger partial charge < -0.3 is 15.2 Å². The Balaban J connectivity index is 1.85. The van der Waals surface area contributed by atoms with E-state index in [1.165, 1.54) is 6.07 Å². The first-order valence-electron chi connectivity index (χ1n) is 7.59. The summed E-state index contributed by atoms with van der Waals surface area (Å²) in [6.07, 6.45) is 3.34. The monoisotopic (exact) mass is 358 g/mol. The molecule has 2 amide bonds. The fraction of sp³-hybridized carbons (Fsp3) is 0.111. The number of rotatable bonds is 4. The van der Waals surface area contributed by atoms with Gasteiger partial charge in [0.2, 0.25) is 0 Å². The highest BCUT2D eigenvalue weighted by atomic mass is 35.5. The first-order chi connectivity index (χ1) is 12.0. The van der Waals surface area contributed by atoms with E-state index in [0.717, 1.165) is 0 Å². The second-order valence-electron chi connectivity index (χ2n) is 5.46. The molecular weight excluding hydrogens is 343 g/mol. The number of urea groups is 1. The fourth-order valence-corrected chi connectivity index (χ4v) is 2.60. The van der Waals surface area contributed by atoms with E-state index in [2.05, 4.69) is 15.6 Å². The number of hydrogen-bond acceptors (Lipinski definition) is 2. The summed E-state index contributed by atoms with van der Waals surface area (Å²) in [6, 6.07) is 11.8. The van der Waals surface area contributed by atoms with Gasteiger partial charge in [0.25, 0.3) is 0 Å². The van der Waals surface area contributed by atoms with Gasteiger partial charge in [-0.05, 0) is 30.3 Å². The Morgan fingerprint density at radius 2 is 1.92 bits per heavy atom. The molecule has 1 atom stereocenters. The van der Waals surface area contributed by atoms with Crippen LogP contribution in [-0.4, -0.2) is 15.6 Å². The van der Waals surface area contributed by atoms with Gasteiger partial charge in [0, 0.05) is 35.7 Å². The summed E-state index contributed by atoms with van der Waals surface area (Å²) >= 11 is 5.83. The standard InChI is InChI=1S/C18H16ClFN4O/c1-24-11-10-21-17(24)16(14-4-2-3-5-15(14)20)23-18(25)22-13-8-6-12(19)7-9-13/h2-11,16H,1H3,(H2,22,23,25)/t16-/m1/s1. The van der Waals surface area contributed by atoms with Crippen molar-refractivity contribution in [3.8, 4) is 0 Å². The first kappa shape index (κ1) is 17.0. The number of anilines is 1. The van der Waals surface area contributed by atoms with Crippen molar-refractivity contribution in [3.05, 3.63) is 83.2 Å². The Kier molecular flexibility index (Phi) is 5.00. The van der Waals surface area contributed by atoms with Gasteiger partial charge in [-0.25, -0.2) is 14.2 Å². The molecule has 0 aliphatic carbocycles. The van der Waals surface area contributed by atoms with Crippen LogP contribution in [0.5, 0.6) is 0 Å². The predicted molar refractivity (Wildman–Crippen MR) is 95.1 cm³/mol. The van der Waals surface area contributed by atoms with Crippen molar-refractivity contribution in [2.24, 2.45) is 7.05 Å². The molecule has 3 aromatic rings. The molecule has 1 heterocycles. The second kappa shape index (κ2) is 7.36. The second-order valence-corrected chi connectivity index (χ2v) is 5.89. The number of aryl methyl sites for hydroxylation is 1. The normalized spacial score (nSPS) is 11.8. The number of hydrogen-bond donors (Lipinski definition) is 2. The molecule has 0 spiro atoms. The number of halogens is 2. The van der Waals surface area contributed by atoms with Gasteiger partial charge in [-0.1, -0.05) is 29.8 Å². The average Bonchev–Trinajstić information content (AvgIpc) is 3.01. The lowest BCUT2D eigenvalue weighted by Crippen LogP contribution is -2.35. The number of benzene rings is 2. The maximum atomic E-state index is 14.3. The number of imidazole rings is 1. The number of carbonyl (C=O) groups excluding carboxylic acids is 1. The highest BCUT2D eigenvalue weighted by Crippen LogP contribution is 2.23. The quantitative estimate of drug-likeness (QED) is 0.737. The van der Waals surface area contributed by atoms with Crippen molar-refractivity contribution in [3.63, 3.8) is 0 Å². The maximum Gasteiger partial charge on any atom is 0.320 e. The van der Waals surface area contributed by atoms with E-state index >= 15 is 0 Å². The summed E-state index contributed by atoms with van der Waals surface area (Å²) in [5, 5.41) is 6.05. The lowest BCUT2D eigenvalue weighted by Gasteiger charge is -2.20. The molecular formula is C18H16ClFN4O. The smallest absolute Gasteiger partial charge is 0.320 e. The number of nitrogens with one attached hydrogen (secondary N) is 2. The Bertz CT molecular complexity index is 879. The molecule has 1 aromatic heterocycles. The molecule has 7 heteroatoms. The molecule has 0 bridgehead atoms. The summed E-state index contributed by atoms with van der Waals surface area (Å²) in [5.74, 6) is 0.110. The molecule has 2 aromatic carbocycles. The van der Waals surface area contributed by atoms with Gasteiger partial charge >= 0.3 is 6.03 Å². The summed E-state index contributed by atoms with van der Waals surface area (Å²) in [6.45, 7) is 0. The summed E-state index contributed by atoms with van der Waals surface area (Å²) < 4.78 is 16.0. The van der Waals surface area contributed by atoms with Crippen LogP contribution in [0.1, 0.15) is 17.4 Å². The van der Waals surface area contributed by atoms with Crippen molar-refractivity contribution in [2.75, 3.05) is 5.32 Å². The van der Waals surface area contributed by atoms with Crippen LogP contribution in [0.15, 0.2) is 60.9 Å². The van der Waals surface area contributed by atoms with Crippen molar-refractivity contribution in [2.45, 2.75) is 6.04 Å². The first-order valence-corrected chi connectivity index (χ1v) is 7.97. The zero-order valence-electron chi connectivity index (χ0n) is 13.4. The lowest BCUT2D eigenvalue weighted by atomic mass is 10.1. The van der Waals surface area contributed by atoms with Crippen molar-refractivity contribution >= 4 is 23.3 Å². The molecule has 2 N–H and O–H groups in total. The van der Waals surface area contributed by atoms with Crippen molar-refractivity contribution < 1.29 is 9.18 Å². The molecule has 3 rings (SSSR count). The minimum atomic E-state index is -0.728. The lowest BCUT2D eigenvalue weighted by molar-refractivity contribution is 0.249. The molecule has 128 valence electrons. The highest BCUT2D eigenvalue weighted by molar-refractivity contribution is 6.30. The predicted octanol–water partition coefficient (Wildman–Crippen LogP) is 4.12. The van der Waals surface area contributed by atoms with E-state index in [-0.39, 0.29) is 0 Å². The van der Waals surface area contributed by atoms with E-state index in [1.807, 2.05) is 0 Å². The van der Waals surface area contributed by atoms with Gasteiger partial charge in [-0.2, -0.15) is 0 Å². The van der Waals surface area contributed by atoms with Gasteiger partial charge in [-0.15, -0.1) is 0 Å². The van der Waals surface area contributed by atoms with Crippen LogP contribution in [0.2, 0.25) is 5.02 Å². The third-order valence-electron chi connectivity index (χ3n) is 3.71. The fourth-order valence-electron chi connectivity index (χ4n) is 2.48. The van der Waals surface area contributed by atoms with E-state index in [9.17, 15) is 9.18 Å². The number of nitrogens with zero attached hydrogens (tertiary/aromatic N) is 2. The third kappa shape index (κ3) is 3.97. The van der Waals surface area contributed by atoms with Crippen LogP contribution >= 0.6 is 11.6 Å². The molecule has 0 saturated heterocycles. The number of aromatic nitrogens is 2. The van der Waals surface area contributed by atoms with Crippen LogP contribution in [0.3, 0.4) is 0 Å². The molecule has 0 unspecified atom stereocenters. The van der Waals surface area contributed by atoms with Gasteiger partial charge in [0.1, 0.15) is 17.7 Å². The molecule has 25 heavy (non-hydrogen) atoms. The molecule has 0 saturated carbocycles. The minimum absolute atomic E-state index is 0.336. The third-order valence-corrected chi connectivity index (χ3v) is 3.96. The van der Waals surface area contributed by atoms with Crippen LogP contribution in [0, 0.1) is 5.82 Å². The summed E-state index contributed by atoms with van der Waals surface area (Å²) in [7, 11) is 1.79. The zero-order valence-corrected chi connectivity index (χ0v) is 14.2. The Hall–Kier alpha value is -2.86. The van der Waals surface area contributed by atoms with Gasteiger partial charge in [0.15, 0.2) is 0 Å². The molecule has 5 nitrogen and oxygen atoms in total. The SMILES string of the molecule is Cn1ccnc1[C@H](NC(=O)Nc1ccc(Cl)cc1)c1ccccc1F. The molecule has 0 aliphatic heterocycles. The topological polar surface area (TPSA) is 59.0 Å². The Morgan fingerprint density at radius 3 is 2.56 bits per heavy atom. The van der Waals surface area contributed by atoms with Crippen molar-refractivity contribution in [1.82, 2.24) is 14.9 Å². The van der Waals surface area contributed by atoms with Crippen LogP contribution in [-0.2, 0) is 7.05 Å². The molecule has 0 radical (unpaired) electrons. The van der Waals surface area contributed by atoms with Gasteiger partial charge in [0.05, 0.1) is 0 Å². The van der Waals surface area contributed by atoms with E-state index < -0.39 is 17.9 Å². The Morgan fingerprint density at radius 1 is 1.20 bits per heavy atom. The van der Waals surface area contributed by atoms with Crippen molar-refractivity contribution in [1.29, 1.82) is 0 Å². The summed E-state index contributed by atoms with van der Waals surface area (Å²) in [4.78, 5) is 16.6. The average molecular weight is 359 g/mol. The highest BCUT2D eigenvalue weighted by Gasteiger charge is 2.23. The van der Waals surface area contributed by atoms with Crippen LogP contribution in [0.25, 0.3) is 0 Å². The summed E-state index contributed by atoms with van der Waals surface area (Å²) in [5.41, 5.74) is 0.914. The minimum Gasteiger partial charge on any atom is -0.336 e. The zero-order chi connectivity index (χ0) is 17.8. The van der Waals surface area contributed by atoms with Crippen LogP contribution < -0.4 is 10.6 Å². The largest absolute Gasteiger partial charge is 0.336 e. The van der Waals surface area contributed by atoms with E-state index in [1.54, 1.807) is 66.5 Å². The maximum absolute atomic E-state index is 14.3. The van der Waals surface area contributed by atoms with E-state index in [4.69, 9.17) is 11.6 Å². The molecule has 0 fully saturated rings.